The molecule has 2 heterocycles. The number of hydrogen-bond acceptors (Lipinski definition) is 4. The van der Waals surface area contributed by atoms with Gasteiger partial charge < -0.3 is 10.6 Å². The minimum Gasteiger partial charge on any atom is -0.382 e. The number of fused-ring (bicyclic) bond motifs is 1. The van der Waals surface area contributed by atoms with Crippen LogP contribution < -0.4 is 10.6 Å². The molecule has 0 spiro atoms. The Kier molecular flexibility index (Phi) is 5.90. The number of aromatic nitrogens is 3. The molecule has 0 aliphatic heterocycles. The van der Waals surface area contributed by atoms with Crippen molar-refractivity contribution in [1.29, 1.82) is 0 Å². The Labute approximate surface area is 183 Å². The lowest BCUT2D eigenvalue weighted by Crippen LogP contribution is -2.26. The molecule has 1 saturated carbocycles. The first-order chi connectivity index (χ1) is 15.2. The SMILES string of the molecule is C/C=C\c1cc(NCCC(F)(F)F)c2ncc(-c3ccc(C(=O)NC4CC4)c(C)c3)n2n1. The Morgan fingerprint density at radius 3 is 2.72 bits per heavy atom. The van der Waals surface area contributed by atoms with Crippen LogP contribution in [0.15, 0.2) is 36.5 Å². The summed E-state index contributed by atoms with van der Waals surface area (Å²) >= 11 is 0. The summed E-state index contributed by atoms with van der Waals surface area (Å²) < 4.78 is 39.4. The Hall–Kier alpha value is -3.36. The van der Waals surface area contributed by atoms with Crippen LogP contribution in [0.1, 0.15) is 47.8 Å². The van der Waals surface area contributed by atoms with Gasteiger partial charge in [-0.2, -0.15) is 18.3 Å². The van der Waals surface area contributed by atoms with E-state index in [-0.39, 0.29) is 18.5 Å². The van der Waals surface area contributed by atoms with Gasteiger partial charge in [0.05, 0.1) is 29.7 Å². The van der Waals surface area contributed by atoms with Crippen LogP contribution in [0, 0.1) is 6.92 Å². The number of anilines is 1. The fourth-order valence-electron chi connectivity index (χ4n) is 3.47. The smallest absolute Gasteiger partial charge is 0.382 e. The molecule has 4 rings (SSSR count). The quantitative estimate of drug-likeness (QED) is 0.540. The summed E-state index contributed by atoms with van der Waals surface area (Å²) in [6.45, 7) is 3.45. The van der Waals surface area contributed by atoms with Gasteiger partial charge in [0, 0.05) is 23.7 Å². The third-order valence-corrected chi connectivity index (χ3v) is 5.23. The van der Waals surface area contributed by atoms with Crippen LogP contribution >= 0.6 is 0 Å². The van der Waals surface area contributed by atoms with Crippen LogP contribution in [-0.4, -0.2) is 39.3 Å². The van der Waals surface area contributed by atoms with Crippen LogP contribution in [0.2, 0.25) is 0 Å². The molecular weight excluding hydrogens is 419 g/mol. The Balaban J connectivity index is 1.68. The molecule has 0 atom stereocenters. The maximum Gasteiger partial charge on any atom is 0.390 e. The fourth-order valence-corrected chi connectivity index (χ4v) is 3.47. The van der Waals surface area contributed by atoms with Crippen LogP contribution in [0.4, 0.5) is 18.9 Å². The monoisotopic (exact) mass is 443 g/mol. The fraction of sp³-hybridized carbons (Fsp3) is 0.348. The predicted molar refractivity (Wildman–Crippen MR) is 118 cm³/mol. The summed E-state index contributed by atoms with van der Waals surface area (Å²) in [5, 5.41) is 10.4. The molecule has 0 unspecified atom stereocenters. The van der Waals surface area contributed by atoms with Crippen molar-refractivity contribution in [3.8, 4) is 11.3 Å². The van der Waals surface area contributed by atoms with Gasteiger partial charge in [0.25, 0.3) is 5.91 Å². The number of rotatable bonds is 7. The molecule has 0 bridgehead atoms. The number of nitrogens with one attached hydrogen (secondary N) is 2. The number of benzene rings is 1. The lowest BCUT2D eigenvalue weighted by molar-refractivity contribution is -0.131. The molecule has 0 radical (unpaired) electrons. The highest BCUT2D eigenvalue weighted by Crippen LogP contribution is 2.28. The first-order valence-corrected chi connectivity index (χ1v) is 10.5. The molecule has 1 amide bonds. The van der Waals surface area contributed by atoms with Crippen LogP contribution in [0.3, 0.4) is 0 Å². The minimum atomic E-state index is -4.24. The third-order valence-electron chi connectivity index (χ3n) is 5.23. The van der Waals surface area contributed by atoms with Gasteiger partial charge >= 0.3 is 6.18 Å². The summed E-state index contributed by atoms with van der Waals surface area (Å²) in [7, 11) is 0. The minimum absolute atomic E-state index is 0.0839. The molecule has 9 heteroatoms. The van der Waals surface area contributed by atoms with Gasteiger partial charge in [-0.1, -0.05) is 12.1 Å². The second-order valence-corrected chi connectivity index (χ2v) is 7.93. The molecule has 2 aromatic heterocycles. The van der Waals surface area contributed by atoms with E-state index in [1.165, 1.54) is 0 Å². The first-order valence-electron chi connectivity index (χ1n) is 10.5. The van der Waals surface area contributed by atoms with E-state index in [4.69, 9.17) is 0 Å². The largest absolute Gasteiger partial charge is 0.390 e. The van der Waals surface area contributed by atoms with Crippen molar-refractivity contribution in [3.05, 3.63) is 53.4 Å². The summed E-state index contributed by atoms with van der Waals surface area (Å²) in [5.41, 5.74) is 4.43. The molecule has 1 aromatic carbocycles. The standard InChI is InChI=1S/C23H24F3N5O/c1-3-4-17-12-19(27-10-9-23(24,25)26)21-28-13-20(31(21)30-17)15-5-8-18(14(2)11-15)22(32)29-16-6-7-16/h3-5,8,11-13,16,27H,6-7,9-10H2,1-2H3,(H,29,32)/b4-3-. The van der Waals surface area contributed by atoms with E-state index in [2.05, 4.69) is 20.7 Å². The highest BCUT2D eigenvalue weighted by molar-refractivity contribution is 5.96. The van der Waals surface area contributed by atoms with Crippen molar-refractivity contribution >= 4 is 23.3 Å². The highest BCUT2D eigenvalue weighted by Gasteiger charge is 2.27. The van der Waals surface area contributed by atoms with E-state index < -0.39 is 12.6 Å². The molecule has 1 aliphatic carbocycles. The van der Waals surface area contributed by atoms with Crippen molar-refractivity contribution in [2.75, 3.05) is 11.9 Å². The van der Waals surface area contributed by atoms with Gasteiger partial charge in [-0.3, -0.25) is 4.79 Å². The van der Waals surface area contributed by atoms with E-state index in [1.54, 1.807) is 28.9 Å². The summed E-state index contributed by atoms with van der Waals surface area (Å²) in [6.07, 6.45) is 2.06. The van der Waals surface area contributed by atoms with Crippen LogP contribution in [0.25, 0.3) is 23.0 Å². The number of carbonyl (C=O) groups excluding carboxylic acids is 1. The van der Waals surface area contributed by atoms with Crippen molar-refractivity contribution in [2.24, 2.45) is 0 Å². The molecule has 3 aromatic rings. The average molecular weight is 443 g/mol. The molecule has 2 N–H and O–H groups in total. The van der Waals surface area contributed by atoms with E-state index >= 15 is 0 Å². The number of nitrogens with zero attached hydrogens (tertiary/aromatic N) is 3. The predicted octanol–water partition coefficient (Wildman–Crippen LogP) is 4.99. The number of aryl methyl sites for hydroxylation is 1. The van der Waals surface area contributed by atoms with Crippen LogP contribution in [-0.2, 0) is 0 Å². The van der Waals surface area contributed by atoms with Crippen LogP contribution in [0.5, 0.6) is 0 Å². The summed E-state index contributed by atoms with van der Waals surface area (Å²) in [5.74, 6) is -0.0839. The molecule has 168 valence electrons. The van der Waals surface area contributed by atoms with Crippen molar-refractivity contribution in [2.45, 2.75) is 45.3 Å². The first kappa shape index (κ1) is 21.9. The number of amides is 1. The number of carbonyl (C=O) groups is 1. The lowest BCUT2D eigenvalue weighted by atomic mass is 10.0. The van der Waals surface area contributed by atoms with Crippen molar-refractivity contribution in [3.63, 3.8) is 0 Å². The van der Waals surface area contributed by atoms with Gasteiger partial charge in [0.15, 0.2) is 5.65 Å². The summed E-state index contributed by atoms with van der Waals surface area (Å²) in [4.78, 5) is 16.8. The zero-order valence-corrected chi connectivity index (χ0v) is 17.8. The van der Waals surface area contributed by atoms with E-state index in [0.717, 1.165) is 24.0 Å². The molecule has 32 heavy (non-hydrogen) atoms. The number of hydrogen-bond donors (Lipinski definition) is 2. The van der Waals surface area contributed by atoms with Gasteiger partial charge in [0.2, 0.25) is 0 Å². The third kappa shape index (κ3) is 4.92. The zero-order valence-electron chi connectivity index (χ0n) is 17.8. The molecule has 1 aliphatic rings. The molecule has 0 saturated heterocycles. The van der Waals surface area contributed by atoms with E-state index in [1.807, 2.05) is 32.1 Å². The molecular formula is C23H24F3N5O. The van der Waals surface area contributed by atoms with Gasteiger partial charge in [-0.15, -0.1) is 0 Å². The molecule has 1 fully saturated rings. The zero-order chi connectivity index (χ0) is 22.9. The topological polar surface area (TPSA) is 71.3 Å². The maximum absolute atomic E-state index is 12.6. The van der Waals surface area contributed by atoms with E-state index in [9.17, 15) is 18.0 Å². The number of alkyl halides is 3. The Morgan fingerprint density at radius 1 is 1.28 bits per heavy atom. The van der Waals surface area contributed by atoms with E-state index in [0.29, 0.717) is 28.3 Å². The summed E-state index contributed by atoms with van der Waals surface area (Å²) in [6, 6.07) is 7.46. The maximum atomic E-state index is 12.6. The highest BCUT2D eigenvalue weighted by atomic mass is 19.4. The number of imidazole rings is 1. The average Bonchev–Trinajstić information content (AvgIpc) is 3.42. The second kappa shape index (κ2) is 8.64. The van der Waals surface area contributed by atoms with Crippen molar-refractivity contribution in [1.82, 2.24) is 19.9 Å². The van der Waals surface area contributed by atoms with Gasteiger partial charge in [0.1, 0.15) is 0 Å². The second-order valence-electron chi connectivity index (χ2n) is 7.93. The molecule has 6 nitrogen and oxygen atoms in total. The Bertz CT molecular complexity index is 1180. The number of allylic oxidation sites excluding steroid dienone is 1. The van der Waals surface area contributed by atoms with Gasteiger partial charge in [-0.05, 0) is 56.5 Å². The normalized spacial score (nSPS) is 14.3. The van der Waals surface area contributed by atoms with Crippen molar-refractivity contribution < 1.29 is 18.0 Å². The van der Waals surface area contributed by atoms with Gasteiger partial charge in [-0.25, -0.2) is 9.50 Å². The Morgan fingerprint density at radius 2 is 2.06 bits per heavy atom. The number of halogens is 3. The lowest BCUT2D eigenvalue weighted by Gasteiger charge is -2.12.